The Kier molecular flexibility index (Phi) is 2.93. The van der Waals surface area contributed by atoms with Crippen LogP contribution < -0.4 is 10.6 Å². The van der Waals surface area contributed by atoms with Gasteiger partial charge in [0.05, 0.1) is 5.56 Å². The van der Waals surface area contributed by atoms with Gasteiger partial charge in [0.2, 0.25) is 0 Å². The van der Waals surface area contributed by atoms with Crippen LogP contribution in [0.5, 0.6) is 0 Å². The first-order valence-electron chi connectivity index (χ1n) is 6.47. The lowest BCUT2D eigenvalue weighted by Crippen LogP contribution is -2.22. The first-order valence-corrected chi connectivity index (χ1v) is 7.25. The molecule has 4 nitrogen and oxygen atoms in total. The highest BCUT2D eigenvalue weighted by atomic mass is 32.1. The number of aromatic nitrogens is 2. The minimum Gasteiger partial charge on any atom is -0.382 e. The third-order valence-corrected chi connectivity index (χ3v) is 4.56. The Morgan fingerprint density at radius 2 is 2.05 bits per heavy atom. The Labute approximate surface area is 117 Å². The van der Waals surface area contributed by atoms with E-state index in [0.29, 0.717) is 11.2 Å². The molecule has 3 heterocycles. The molecular formula is C14H18N4S. The topological polar surface area (TPSA) is 55.0 Å². The zero-order valence-electron chi connectivity index (χ0n) is 11.3. The average molecular weight is 274 g/mol. The van der Waals surface area contributed by atoms with E-state index in [2.05, 4.69) is 28.1 Å². The summed E-state index contributed by atoms with van der Waals surface area (Å²) in [4.78, 5) is 6.47. The van der Waals surface area contributed by atoms with Crippen LogP contribution in [0.1, 0.15) is 20.3 Å². The molecule has 1 aliphatic rings. The summed E-state index contributed by atoms with van der Waals surface area (Å²) in [6.07, 6.45) is 4.80. The fourth-order valence-corrected chi connectivity index (χ4v) is 3.45. The van der Waals surface area contributed by atoms with E-state index in [1.165, 1.54) is 23.0 Å². The van der Waals surface area contributed by atoms with E-state index in [0.717, 1.165) is 24.2 Å². The molecule has 2 aromatic heterocycles. The van der Waals surface area contributed by atoms with Crippen molar-refractivity contribution in [3.05, 3.63) is 24.5 Å². The van der Waals surface area contributed by atoms with E-state index in [1.54, 1.807) is 12.4 Å². The number of rotatable bonds is 2. The second-order valence-corrected chi connectivity index (χ2v) is 6.57. The molecule has 0 spiro atoms. The molecule has 0 atom stereocenters. The molecule has 1 saturated heterocycles. The highest BCUT2D eigenvalue weighted by Gasteiger charge is 2.32. The van der Waals surface area contributed by atoms with E-state index >= 15 is 0 Å². The summed E-state index contributed by atoms with van der Waals surface area (Å²) in [5.41, 5.74) is 8.59. The SMILES string of the molecule is CC1(C)CCN(c2snc(N)c2-c2ccncc2)C1. The van der Waals surface area contributed by atoms with Gasteiger partial charge in [0.1, 0.15) is 10.8 Å². The number of nitrogen functional groups attached to an aromatic ring is 1. The number of hydrogen-bond acceptors (Lipinski definition) is 5. The first kappa shape index (κ1) is 12.4. The standard InChI is InChI=1S/C14H18N4S/c1-14(2)5-8-18(9-14)13-11(12(15)17-19-13)10-3-6-16-7-4-10/h3-4,6-7H,5,8-9H2,1-2H3,(H2,15,17). The summed E-state index contributed by atoms with van der Waals surface area (Å²) in [6, 6.07) is 3.98. The number of anilines is 2. The van der Waals surface area contributed by atoms with Crippen molar-refractivity contribution >= 4 is 22.4 Å². The van der Waals surface area contributed by atoms with Crippen molar-refractivity contribution in [2.75, 3.05) is 23.7 Å². The highest BCUT2D eigenvalue weighted by Crippen LogP contribution is 2.43. The molecule has 2 aromatic rings. The van der Waals surface area contributed by atoms with Crippen molar-refractivity contribution in [2.45, 2.75) is 20.3 Å². The Hall–Kier alpha value is -1.62. The van der Waals surface area contributed by atoms with Crippen LogP contribution in [0, 0.1) is 5.41 Å². The van der Waals surface area contributed by atoms with Crippen molar-refractivity contribution < 1.29 is 0 Å². The normalized spacial score (nSPS) is 17.9. The summed E-state index contributed by atoms with van der Waals surface area (Å²) in [6.45, 7) is 6.76. The molecule has 1 fully saturated rings. The van der Waals surface area contributed by atoms with Gasteiger partial charge in [-0.25, -0.2) is 0 Å². The maximum Gasteiger partial charge on any atom is 0.147 e. The number of nitrogens with two attached hydrogens (primary N) is 1. The molecular weight excluding hydrogens is 256 g/mol. The molecule has 3 rings (SSSR count). The quantitative estimate of drug-likeness (QED) is 0.914. The summed E-state index contributed by atoms with van der Waals surface area (Å²) in [5, 5.41) is 1.19. The molecule has 1 aliphatic heterocycles. The molecule has 5 heteroatoms. The molecule has 100 valence electrons. The molecule has 0 aromatic carbocycles. The molecule has 0 amide bonds. The van der Waals surface area contributed by atoms with Crippen LogP contribution in [0.2, 0.25) is 0 Å². The van der Waals surface area contributed by atoms with Gasteiger partial charge in [-0.3, -0.25) is 4.98 Å². The largest absolute Gasteiger partial charge is 0.382 e. The van der Waals surface area contributed by atoms with E-state index in [1.807, 2.05) is 12.1 Å². The van der Waals surface area contributed by atoms with Gasteiger partial charge in [-0.05, 0) is 41.1 Å². The summed E-state index contributed by atoms with van der Waals surface area (Å²) < 4.78 is 4.34. The van der Waals surface area contributed by atoms with Crippen molar-refractivity contribution in [1.29, 1.82) is 0 Å². The van der Waals surface area contributed by atoms with E-state index in [4.69, 9.17) is 5.73 Å². The summed E-state index contributed by atoms with van der Waals surface area (Å²) >= 11 is 1.50. The molecule has 0 saturated carbocycles. The van der Waals surface area contributed by atoms with Crippen LogP contribution in [0.25, 0.3) is 11.1 Å². The predicted octanol–water partition coefficient (Wildman–Crippen LogP) is 3.02. The van der Waals surface area contributed by atoms with Crippen LogP contribution in [0.4, 0.5) is 10.8 Å². The monoisotopic (exact) mass is 274 g/mol. The number of nitrogens with zero attached hydrogens (tertiary/aromatic N) is 3. The summed E-state index contributed by atoms with van der Waals surface area (Å²) in [5.74, 6) is 0.621. The molecule has 19 heavy (non-hydrogen) atoms. The lowest BCUT2D eigenvalue weighted by Gasteiger charge is -2.21. The smallest absolute Gasteiger partial charge is 0.147 e. The minimum atomic E-state index is 0.369. The van der Waals surface area contributed by atoms with Crippen molar-refractivity contribution in [3.63, 3.8) is 0 Å². The van der Waals surface area contributed by atoms with Crippen LogP contribution in [0.3, 0.4) is 0 Å². The van der Waals surface area contributed by atoms with Gasteiger partial charge in [0.25, 0.3) is 0 Å². The predicted molar refractivity (Wildman–Crippen MR) is 80.4 cm³/mol. The first-order chi connectivity index (χ1) is 9.07. The second kappa shape index (κ2) is 4.49. The van der Waals surface area contributed by atoms with Crippen LogP contribution in [-0.4, -0.2) is 22.4 Å². The molecule has 0 aliphatic carbocycles. The maximum absolute atomic E-state index is 6.06. The Balaban J connectivity index is 2.00. The van der Waals surface area contributed by atoms with Crippen LogP contribution in [0.15, 0.2) is 24.5 Å². The fourth-order valence-electron chi connectivity index (χ4n) is 2.58. The lowest BCUT2D eigenvalue weighted by molar-refractivity contribution is 0.419. The lowest BCUT2D eigenvalue weighted by atomic mass is 9.93. The second-order valence-electron chi connectivity index (χ2n) is 5.82. The maximum atomic E-state index is 6.06. The number of hydrogen-bond donors (Lipinski definition) is 1. The third-order valence-electron chi connectivity index (χ3n) is 3.63. The summed E-state index contributed by atoms with van der Waals surface area (Å²) in [7, 11) is 0. The van der Waals surface area contributed by atoms with Crippen molar-refractivity contribution in [2.24, 2.45) is 5.41 Å². The van der Waals surface area contributed by atoms with E-state index in [9.17, 15) is 0 Å². The zero-order valence-corrected chi connectivity index (χ0v) is 12.1. The minimum absolute atomic E-state index is 0.369. The van der Waals surface area contributed by atoms with Gasteiger partial charge in [-0.1, -0.05) is 13.8 Å². The molecule has 0 unspecified atom stereocenters. The van der Waals surface area contributed by atoms with Gasteiger partial charge < -0.3 is 10.6 Å². The Morgan fingerprint density at radius 1 is 1.32 bits per heavy atom. The van der Waals surface area contributed by atoms with Gasteiger partial charge in [0.15, 0.2) is 0 Å². The zero-order chi connectivity index (χ0) is 13.5. The van der Waals surface area contributed by atoms with Crippen LogP contribution in [-0.2, 0) is 0 Å². The van der Waals surface area contributed by atoms with Gasteiger partial charge in [-0.15, -0.1) is 0 Å². The fraction of sp³-hybridized carbons (Fsp3) is 0.429. The van der Waals surface area contributed by atoms with E-state index < -0.39 is 0 Å². The van der Waals surface area contributed by atoms with Crippen molar-refractivity contribution in [3.8, 4) is 11.1 Å². The van der Waals surface area contributed by atoms with Crippen LogP contribution >= 0.6 is 11.5 Å². The van der Waals surface area contributed by atoms with Gasteiger partial charge >= 0.3 is 0 Å². The van der Waals surface area contributed by atoms with E-state index in [-0.39, 0.29) is 0 Å². The van der Waals surface area contributed by atoms with Gasteiger partial charge in [-0.2, -0.15) is 4.37 Å². The van der Waals surface area contributed by atoms with Gasteiger partial charge in [0, 0.05) is 25.5 Å². The highest BCUT2D eigenvalue weighted by molar-refractivity contribution is 7.11. The molecule has 0 radical (unpaired) electrons. The third kappa shape index (κ3) is 2.30. The molecule has 2 N–H and O–H groups in total. The number of pyridine rings is 1. The Bertz CT molecular complexity index is 576. The molecule has 0 bridgehead atoms. The average Bonchev–Trinajstić information content (AvgIpc) is 2.93. The Morgan fingerprint density at radius 3 is 2.68 bits per heavy atom. The van der Waals surface area contributed by atoms with Crippen molar-refractivity contribution in [1.82, 2.24) is 9.36 Å².